The van der Waals surface area contributed by atoms with Crippen molar-refractivity contribution in [2.24, 2.45) is 0 Å². The average Bonchev–Trinajstić information content (AvgIpc) is 2.23. The van der Waals surface area contributed by atoms with E-state index in [2.05, 4.69) is 15.9 Å². The second kappa shape index (κ2) is 6.93. The molecule has 0 aromatic heterocycles. The van der Waals surface area contributed by atoms with E-state index >= 15 is 0 Å². The lowest BCUT2D eigenvalue weighted by Crippen LogP contribution is -2.03. The molecule has 0 fully saturated rings. The van der Waals surface area contributed by atoms with Crippen LogP contribution in [-0.2, 0) is 9.05 Å². The SMILES string of the molecule is O=S(=O)(Cl)CCCCOc1cc(F)c(Cl)cc1Br. The fraction of sp³-hybridized carbons (Fsp3) is 0.400. The quantitative estimate of drug-likeness (QED) is 0.426. The summed E-state index contributed by atoms with van der Waals surface area (Å²) < 4.78 is 40.3. The maximum atomic E-state index is 13.2. The molecule has 3 nitrogen and oxygen atoms in total. The van der Waals surface area contributed by atoms with E-state index in [4.69, 9.17) is 27.0 Å². The van der Waals surface area contributed by atoms with E-state index in [9.17, 15) is 12.8 Å². The summed E-state index contributed by atoms with van der Waals surface area (Å²) in [5.41, 5.74) is 0. The molecule has 1 rings (SSSR count). The molecular formula is C10H10BrCl2FO3S. The third-order valence-corrected chi connectivity index (χ3v) is 4.16. The maximum absolute atomic E-state index is 13.2. The molecule has 0 unspecified atom stereocenters. The van der Waals surface area contributed by atoms with Crippen LogP contribution in [0.5, 0.6) is 5.75 Å². The van der Waals surface area contributed by atoms with E-state index in [0.717, 1.165) is 0 Å². The van der Waals surface area contributed by atoms with Gasteiger partial charge in [0.1, 0.15) is 11.6 Å². The normalized spacial score (nSPS) is 11.6. The molecule has 0 aliphatic rings. The van der Waals surface area contributed by atoms with Crippen molar-refractivity contribution in [3.8, 4) is 5.75 Å². The molecular weight excluding hydrogens is 370 g/mol. The highest BCUT2D eigenvalue weighted by molar-refractivity contribution is 9.10. The largest absolute Gasteiger partial charge is 0.492 e. The molecule has 0 saturated heterocycles. The Morgan fingerprint density at radius 2 is 2.00 bits per heavy atom. The average molecular weight is 380 g/mol. The summed E-state index contributed by atoms with van der Waals surface area (Å²) in [6, 6.07) is 2.57. The summed E-state index contributed by atoms with van der Waals surface area (Å²) in [7, 11) is 1.59. The Balaban J connectivity index is 2.43. The zero-order valence-electron chi connectivity index (χ0n) is 9.13. The lowest BCUT2D eigenvalue weighted by molar-refractivity contribution is 0.306. The van der Waals surface area contributed by atoms with Crippen molar-refractivity contribution in [1.82, 2.24) is 0 Å². The van der Waals surface area contributed by atoms with Crippen molar-refractivity contribution >= 4 is 47.3 Å². The number of halogens is 4. The Kier molecular flexibility index (Phi) is 6.17. The highest BCUT2D eigenvalue weighted by Gasteiger charge is 2.08. The molecule has 0 aliphatic heterocycles. The molecule has 0 radical (unpaired) electrons. The summed E-state index contributed by atoms with van der Waals surface area (Å²) in [6.45, 7) is 0.270. The van der Waals surface area contributed by atoms with Gasteiger partial charge in [0.25, 0.3) is 0 Å². The van der Waals surface area contributed by atoms with Crippen LogP contribution in [0.2, 0.25) is 5.02 Å². The number of benzene rings is 1. The van der Waals surface area contributed by atoms with Crippen molar-refractivity contribution in [3.63, 3.8) is 0 Å². The summed E-state index contributed by atoms with van der Waals surface area (Å²) in [6.07, 6.45) is 0.891. The molecule has 0 spiro atoms. The van der Waals surface area contributed by atoms with Crippen LogP contribution in [0, 0.1) is 5.82 Å². The second-order valence-corrected chi connectivity index (χ2v) is 7.65. The minimum absolute atomic E-state index is 0.00228. The van der Waals surface area contributed by atoms with E-state index in [1.54, 1.807) is 0 Å². The monoisotopic (exact) mass is 378 g/mol. The van der Waals surface area contributed by atoms with E-state index in [1.807, 2.05) is 0 Å². The predicted octanol–water partition coefficient (Wildman–Crippen LogP) is 3.97. The highest BCUT2D eigenvalue weighted by atomic mass is 79.9. The fourth-order valence-corrected chi connectivity index (χ4v) is 2.80. The van der Waals surface area contributed by atoms with Gasteiger partial charge in [-0.25, -0.2) is 12.8 Å². The number of ether oxygens (including phenoxy) is 1. The van der Waals surface area contributed by atoms with Crippen molar-refractivity contribution < 1.29 is 17.5 Å². The maximum Gasteiger partial charge on any atom is 0.232 e. The first-order valence-corrected chi connectivity index (χ1v) is 8.64. The summed E-state index contributed by atoms with van der Waals surface area (Å²) in [5.74, 6) is -0.350. The van der Waals surface area contributed by atoms with Gasteiger partial charge in [0.15, 0.2) is 0 Å². The Morgan fingerprint density at radius 1 is 1.33 bits per heavy atom. The van der Waals surface area contributed by atoms with Gasteiger partial charge < -0.3 is 4.74 Å². The molecule has 0 N–H and O–H groups in total. The molecule has 0 amide bonds. The van der Waals surface area contributed by atoms with Gasteiger partial charge in [-0.2, -0.15) is 0 Å². The van der Waals surface area contributed by atoms with Crippen LogP contribution in [0.3, 0.4) is 0 Å². The van der Waals surface area contributed by atoms with Gasteiger partial charge in [-0.15, -0.1) is 0 Å². The van der Waals surface area contributed by atoms with Crippen molar-refractivity contribution in [1.29, 1.82) is 0 Å². The molecule has 18 heavy (non-hydrogen) atoms. The summed E-state index contributed by atoms with van der Waals surface area (Å²) >= 11 is 8.77. The first-order chi connectivity index (χ1) is 8.29. The van der Waals surface area contributed by atoms with Crippen LogP contribution in [0.25, 0.3) is 0 Å². The summed E-state index contributed by atoms with van der Waals surface area (Å²) in [4.78, 5) is 0. The number of rotatable bonds is 6. The molecule has 0 aliphatic carbocycles. The molecule has 0 atom stereocenters. The van der Waals surface area contributed by atoms with Gasteiger partial charge >= 0.3 is 0 Å². The minimum Gasteiger partial charge on any atom is -0.492 e. The Morgan fingerprint density at radius 3 is 2.61 bits per heavy atom. The molecule has 8 heteroatoms. The standard InChI is InChI=1S/C10H10BrCl2FO3S/c11-7-5-8(12)9(14)6-10(7)17-3-1-2-4-18(13,15)16/h5-6H,1-4H2. The van der Waals surface area contributed by atoms with E-state index in [0.29, 0.717) is 23.1 Å². The van der Waals surface area contributed by atoms with Gasteiger partial charge in [0, 0.05) is 16.7 Å². The topological polar surface area (TPSA) is 43.4 Å². The van der Waals surface area contributed by atoms with Gasteiger partial charge in [0.2, 0.25) is 9.05 Å². The van der Waals surface area contributed by atoms with Crippen LogP contribution in [0.15, 0.2) is 16.6 Å². The van der Waals surface area contributed by atoms with Gasteiger partial charge in [-0.05, 0) is 34.8 Å². The number of hydrogen-bond acceptors (Lipinski definition) is 3. The fourth-order valence-electron chi connectivity index (χ4n) is 1.17. The minimum atomic E-state index is -3.46. The van der Waals surface area contributed by atoms with Crippen LogP contribution < -0.4 is 4.74 Å². The zero-order valence-corrected chi connectivity index (χ0v) is 13.0. The zero-order chi connectivity index (χ0) is 13.8. The van der Waals surface area contributed by atoms with Crippen LogP contribution in [-0.4, -0.2) is 20.8 Å². The number of unbranched alkanes of at least 4 members (excludes halogenated alkanes) is 1. The van der Waals surface area contributed by atoms with Gasteiger partial charge in [-0.1, -0.05) is 11.6 Å². The lowest BCUT2D eigenvalue weighted by Gasteiger charge is -2.08. The van der Waals surface area contributed by atoms with Crippen molar-refractivity contribution in [2.75, 3.05) is 12.4 Å². The molecule has 0 heterocycles. The van der Waals surface area contributed by atoms with E-state index in [1.165, 1.54) is 12.1 Å². The molecule has 0 bridgehead atoms. The van der Waals surface area contributed by atoms with E-state index in [-0.39, 0.29) is 17.4 Å². The molecule has 1 aromatic carbocycles. The second-order valence-electron chi connectivity index (χ2n) is 3.50. The Labute approximate surface area is 123 Å². The summed E-state index contributed by atoms with van der Waals surface area (Å²) in [5, 5.41) is 0.00228. The first-order valence-electron chi connectivity index (χ1n) is 4.99. The molecule has 102 valence electrons. The first kappa shape index (κ1) is 16.0. The third kappa shape index (κ3) is 5.73. The predicted molar refractivity (Wildman–Crippen MR) is 73.5 cm³/mol. The van der Waals surface area contributed by atoms with Gasteiger partial charge in [-0.3, -0.25) is 0 Å². The van der Waals surface area contributed by atoms with Crippen LogP contribution in [0.4, 0.5) is 4.39 Å². The Hall–Kier alpha value is -0.0400. The van der Waals surface area contributed by atoms with Crippen LogP contribution in [0.1, 0.15) is 12.8 Å². The smallest absolute Gasteiger partial charge is 0.232 e. The van der Waals surface area contributed by atoms with Crippen LogP contribution >= 0.6 is 38.2 Å². The number of hydrogen-bond donors (Lipinski definition) is 0. The lowest BCUT2D eigenvalue weighted by atomic mass is 10.3. The van der Waals surface area contributed by atoms with Crippen molar-refractivity contribution in [3.05, 3.63) is 27.4 Å². The van der Waals surface area contributed by atoms with Gasteiger partial charge in [0.05, 0.1) is 21.9 Å². The highest BCUT2D eigenvalue weighted by Crippen LogP contribution is 2.30. The Bertz CT molecular complexity index is 522. The molecule has 0 saturated carbocycles. The third-order valence-electron chi connectivity index (χ3n) is 2.01. The van der Waals surface area contributed by atoms with E-state index < -0.39 is 14.9 Å². The molecule has 1 aromatic rings. The van der Waals surface area contributed by atoms with Crippen molar-refractivity contribution in [2.45, 2.75) is 12.8 Å².